The van der Waals surface area contributed by atoms with Crippen LogP contribution in [-0.2, 0) is 0 Å². The average molecular weight is 908 g/mol. The van der Waals surface area contributed by atoms with Gasteiger partial charge in [-0.1, -0.05) is 212 Å². The van der Waals surface area contributed by atoms with E-state index in [0.717, 1.165) is 17.1 Å². The Hall–Kier alpha value is -8.96. The highest BCUT2D eigenvalue weighted by Gasteiger charge is 2.41. The molecule has 0 unspecified atom stereocenters. The van der Waals surface area contributed by atoms with Gasteiger partial charge in [0.25, 0.3) is 0 Å². The third kappa shape index (κ3) is 6.00. The zero-order valence-electron chi connectivity index (χ0n) is 38.3. The number of hydrogen-bond donors (Lipinski definition) is 0. The third-order valence-corrected chi connectivity index (χ3v) is 19.6. The number of aromatic nitrogens is 3. The monoisotopic (exact) mass is 907 g/mol. The third-order valence-electron chi connectivity index (χ3n) is 14.8. The van der Waals surface area contributed by atoms with Crippen molar-refractivity contribution in [1.82, 2.24) is 13.7 Å². The Labute approximate surface area is 407 Å². The second-order valence-electron chi connectivity index (χ2n) is 18.4. The maximum absolute atomic E-state index is 2.70. The van der Waals surface area contributed by atoms with Crippen LogP contribution in [0.5, 0.6) is 0 Å². The van der Waals surface area contributed by atoms with Crippen LogP contribution in [0.25, 0.3) is 93.6 Å². The molecule has 70 heavy (non-hydrogen) atoms. The first kappa shape index (κ1) is 40.1. The van der Waals surface area contributed by atoms with Gasteiger partial charge in [-0.05, 0) is 87.0 Å². The number of fused-ring (bicyclic) bond motifs is 9. The number of benzene rings is 11. The zero-order chi connectivity index (χ0) is 46.2. The highest BCUT2D eigenvalue weighted by Crippen LogP contribution is 2.42. The molecule has 0 aliphatic heterocycles. The molecule has 11 aromatic carbocycles. The molecule has 0 N–H and O–H groups in total. The van der Waals surface area contributed by atoms with Crippen molar-refractivity contribution < 1.29 is 0 Å². The quantitative estimate of drug-likeness (QED) is 0.107. The number of nitrogens with zero attached hydrogens (tertiary/aromatic N) is 3. The van der Waals surface area contributed by atoms with E-state index >= 15 is 0 Å². The summed E-state index contributed by atoms with van der Waals surface area (Å²) in [5, 5.41) is 12.9. The first-order valence-corrected chi connectivity index (χ1v) is 26.2. The van der Waals surface area contributed by atoms with Gasteiger partial charge in [0.15, 0.2) is 8.07 Å². The molecule has 0 radical (unpaired) electrons. The smallest absolute Gasteiger partial charge is 0.179 e. The standard InChI is InChI=1S/C66H45N3Si/c1-5-20-47(21-6-1)69-63-35-18-15-30-57(63)60-32-19-31-54(66(60)69)46-36-42-58-55-28-14-17-34-62(55)68(64(58)44-46)49-39-43-59-56-29-13-16-33-61(56)67(65(59)45-49)48-37-40-53(41-38-48)70(50-22-7-2-8-23-50,51-24-9-3-10-25-51)52-26-11-4-12-27-52/h1-45H. The summed E-state index contributed by atoms with van der Waals surface area (Å²) in [6, 6.07) is 101. The van der Waals surface area contributed by atoms with Crippen molar-refractivity contribution in [3.05, 3.63) is 273 Å². The summed E-state index contributed by atoms with van der Waals surface area (Å²) in [7, 11) is -2.70. The maximum Gasteiger partial charge on any atom is 0.179 e. The van der Waals surface area contributed by atoms with Gasteiger partial charge in [-0.25, -0.2) is 0 Å². The molecule has 3 nitrogen and oxygen atoms in total. The van der Waals surface area contributed by atoms with E-state index < -0.39 is 8.07 Å². The van der Waals surface area contributed by atoms with Gasteiger partial charge in [0.05, 0.1) is 33.1 Å². The molecule has 0 atom stereocenters. The predicted octanol–water partition coefficient (Wildman–Crippen LogP) is 14.0. The maximum atomic E-state index is 2.48. The van der Waals surface area contributed by atoms with Crippen molar-refractivity contribution in [3.8, 4) is 28.2 Å². The van der Waals surface area contributed by atoms with Crippen LogP contribution in [-0.4, -0.2) is 21.8 Å². The van der Waals surface area contributed by atoms with Crippen LogP contribution < -0.4 is 20.7 Å². The number of hydrogen-bond acceptors (Lipinski definition) is 0. The summed E-state index contributed by atoms with van der Waals surface area (Å²) in [4.78, 5) is 0. The highest BCUT2D eigenvalue weighted by atomic mass is 28.3. The Morgan fingerprint density at radius 3 is 1.19 bits per heavy atom. The Kier molecular flexibility index (Phi) is 9.23. The Bertz CT molecular complexity index is 4170. The van der Waals surface area contributed by atoms with Crippen LogP contribution in [0.1, 0.15) is 0 Å². The molecular formula is C66H45N3Si. The van der Waals surface area contributed by atoms with Crippen molar-refractivity contribution in [2.45, 2.75) is 0 Å². The summed E-state index contributed by atoms with van der Waals surface area (Å²) >= 11 is 0. The van der Waals surface area contributed by atoms with Gasteiger partial charge in [0.2, 0.25) is 0 Å². The molecule has 0 aliphatic rings. The first-order chi connectivity index (χ1) is 34.8. The highest BCUT2D eigenvalue weighted by molar-refractivity contribution is 7.19. The molecule has 4 heteroatoms. The molecule has 0 amide bonds. The van der Waals surface area contributed by atoms with Crippen molar-refractivity contribution in [2.75, 3.05) is 0 Å². The van der Waals surface area contributed by atoms with Gasteiger partial charge < -0.3 is 13.7 Å². The predicted molar refractivity (Wildman–Crippen MR) is 299 cm³/mol. The molecule has 0 spiro atoms. The van der Waals surface area contributed by atoms with Gasteiger partial charge in [-0.15, -0.1) is 0 Å². The van der Waals surface area contributed by atoms with E-state index in [0.29, 0.717) is 0 Å². The largest absolute Gasteiger partial charge is 0.309 e. The number of para-hydroxylation sites is 5. The summed E-state index contributed by atoms with van der Waals surface area (Å²) in [6.07, 6.45) is 0. The lowest BCUT2D eigenvalue weighted by atomic mass is 10.0. The fourth-order valence-corrected chi connectivity index (χ4v) is 16.6. The summed E-state index contributed by atoms with van der Waals surface area (Å²) in [5.74, 6) is 0. The van der Waals surface area contributed by atoms with Crippen LogP contribution in [0.4, 0.5) is 0 Å². The minimum Gasteiger partial charge on any atom is -0.309 e. The molecule has 0 aliphatic carbocycles. The van der Waals surface area contributed by atoms with E-state index in [1.165, 1.54) is 97.3 Å². The second kappa shape index (κ2) is 16.1. The van der Waals surface area contributed by atoms with E-state index in [1.807, 2.05) is 0 Å². The molecule has 0 fully saturated rings. The molecule has 328 valence electrons. The van der Waals surface area contributed by atoms with E-state index in [2.05, 4.69) is 287 Å². The van der Waals surface area contributed by atoms with E-state index in [1.54, 1.807) is 0 Å². The zero-order valence-corrected chi connectivity index (χ0v) is 39.3. The Morgan fingerprint density at radius 2 is 0.614 bits per heavy atom. The van der Waals surface area contributed by atoms with Crippen molar-refractivity contribution >= 4 is 94.2 Å². The Balaban J connectivity index is 0.972. The minimum atomic E-state index is -2.70. The molecule has 3 heterocycles. The fourth-order valence-electron chi connectivity index (χ4n) is 11.8. The molecule has 0 bridgehead atoms. The molecular weight excluding hydrogens is 863 g/mol. The fraction of sp³-hybridized carbons (Fsp3) is 0. The lowest BCUT2D eigenvalue weighted by Gasteiger charge is -2.34. The van der Waals surface area contributed by atoms with Gasteiger partial charge in [0.1, 0.15) is 0 Å². The molecule has 3 aromatic heterocycles. The second-order valence-corrected chi connectivity index (χ2v) is 22.2. The van der Waals surface area contributed by atoms with Gasteiger partial charge in [-0.2, -0.15) is 0 Å². The van der Waals surface area contributed by atoms with Crippen LogP contribution in [0, 0.1) is 0 Å². The molecule has 14 aromatic rings. The van der Waals surface area contributed by atoms with Crippen molar-refractivity contribution in [2.24, 2.45) is 0 Å². The van der Waals surface area contributed by atoms with Crippen LogP contribution in [0.3, 0.4) is 0 Å². The van der Waals surface area contributed by atoms with Gasteiger partial charge in [-0.3, -0.25) is 0 Å². The van der Waals surface area contributed by atoms with E-state index in [9.17, 15) is 0 Å². The average Bonchev–Trinajstić information content (AvgIpc) is 4.08. The van der Waals surface area contributed by atoms with E-state index in [4.69, 9.17) is 0 Å². The first-order valence-electron chi connectivity index (χ1n) is 24.2. The summed E-state index contributed by atoms with van der Waals surface area (Å²) < 4.78 is 7.38. The van der Waals surface area contributed by atoms with Gasteiger partial charge in [0, 0.05) is 54.9 Å². The lowest BCUT2D eigenvalue weighted by molar-refractivity contribution is 1.16. The van der Waals surface area contributed by atoms with Crippen LogP contribution in [0.2, 0.25) is 0 Å². The van der Waals surface area contributed by atoms with Crippen LogP contribution >= 0.6 is 0 Å². The summed E-state index contributed by atoms with van der Waals surface area (Å²) in [6.45, 7) is 0. The van der Waals surface area contributed by atoms with E-state index in [-0.39, 0.29) is 0 Å². The summed E-state index contributed by atoms with van der Waals surface area (Å²) in [5.41, 5.74) is 12.9. The normalized spacial score (nSPS) is 12.0. The Morgan fingerprint density at radius 1 is 0.229 bits per heavy atom. The van der Waals surface area contributed by atoms with Crippen molar-refractivity contribution in [1.29, 1.82) is 0 Å². The van der Waals surface area contributed by atoms with Crippen molar-refractivity contribution in [3.63, 3.8) is 0 Å². The lowest BCUT2D eigenvalue weighted by Crippen LogP contribution is -2.74. The molecule has 0 saturated heterocycles. The number of rotatable bonds is 8. The molecule has 14 rings (SSSR count). The van der Waals surface area contributed by atoms with Gasteiger partial charge >= 0.3 is 0 Å². The SMILES string of the molecule is c1ccc(-n2c3ccccc3c3cccc(-c4ccc5c6ccccc6n(-c6ccc7c8ccccc8n(-c8ccc([Si](c9ccccc9)(c9ccccc9)c9ccccc9)cc8)c7c6)c5c4)c32)cc1. The minimum absolute atomic E-state index is 1.12. The molecule has 0 saturated carbocycles. The topological polar surface area (TPSA) is 14.8 Å². The van der Waals surface area contributed by atoms with Crippen LogP contribution in [0.15, 0.2) is 273 Å².